The van der Waals surface area contributed by atoms with E-state index in [1.807, 2.05) is 17.4 Å². The van der Waals surface area contributed by atoms with E-state index in [0.29, 0.717) is 0 Å². The van der Waals surface area contributed by atoms with Crippen LogP contribution in [0.4, 0.5) is 17.1 Å². The predicted octanol–water partition coefficient (Wildman–Crippen LogP) is 17.1. The number of anilines is 3. The van der Waals surface area contributed by atoms with Gasteiger partial charge in [0.1, 0.15) is 11.2 Å². The molecule has 2 nitrogen and oxygen atoms in total. The van der Waals surface area contributed by atoms with Crippen LogP contribution in [-0.4, -0.2) is 0 Å². The molecule has 0 fully saturated rings. The maximum atomic E-state index is 6.41. The molecule has 2 heterocycles. The van der Waals surface area contributed by atoms with Gasteiger partial charge in [-0.3, -0.25) is 0 Å². The van der Waals surface area contributed by atoms with Crippen LogP contribution >= 0.6 is 11.3 Å². The van der Waals surface area contributed by atoms with Gasteiger partial charge in [0.15, 0.2) is 0 Å². The van der Waals surface area contributed by atoms with E-state index in [4.69, 9.17) is 4.42 Å². The summed E-state index contributed by atoms with van der Waals surface area (Å²) in [4.78, 5) is 2.47. The molecular weight excluding hydrogens is 795 g/mol. The maximum absolute atomic E-state index is 6.41. The summed E-state index contributed by atoms with van der Waals surface area (Å²) >= 11 is 1.89. The van der Waals surface area contributed by atoms with Gasteiger partial charge in [0.05, 0.1) is 11.1 Å². The van der Waals surface area contributed by atoms with Gasteiger partial charge in [-0.1, -0.05) is 164 Å². The molecule has 0 aliphatic heterocycles. The number of benzene rings is 10. The van der Waals surface area contributed by atoms with Crippen molar-refractivity contribution in [1.29, 1.82) is 0 Å². The average molecular weight is 832 g/mol. The fourth-order valence-corrected chi connectivity index (χ4v) is 12.4. The average Bonchev–Trinajstić information content (AvgIpc) is 3.99. The lowest BCUT2D eigenvalue weighted by atomic mass is 9.65. The highest BCUT2D eigenvalue weighted by Crippen LogP contribution is 2.63. The third-order valence-electron chi connectivity index (χ3n) is 13.9. The maximum Gasteiger partial charge on any atom is 0.135 e. The fourth-order valence-electron chi connectivity index (χ4n) is 11.2. The summed E-state index contributed by atoms with van der Waals surface area (Å²) in [5.74, 6) is 0. The minimum atomic E-state index is -0.653. The van der Waals surface area contributed by atoms with E-state index in [0.717, 1.165) is 50.1 Å². The van der Waals surface area contributed by atoms with E-state index in [1.165, 1.54) is 75.8 Å². The second-order valence-electron chi connectivity index (χ2n) is 17.1. The number of nitrogens with zero attached hydrogens (tertiary/aromatic N) is 1. The van der Waals surface area contributed by atoms with Crippen molar-refractivity contribution in [3.63, 3.8) is 0 Å². The molecule has 12 aromatic rings. The van der Waals surface area contributed by atoms with Crippen LogP contribution in [0.1, 0.15) is 22.3 Å². The molecule has 2 aliphatic rings. The second kappa shape index (κ2) is 13.5. The molecule has 2 aliphatic carbocycles. The molecule has 0 radical (unpaired) electrons. The van der Waals surface area contributed by atoms with Gasteiger partial charge in [0.25, 0.3) is 0 Å². The van der Waals surface area contributed by atoms with E-state index < -0.39 is 5.41 Å². The van der Waals surface area contributed by atoms with Crippen molar-refractivity contribution in [2.24, 2.45) is 0 Å². The van der Waals surface area contributed by atoms with E-state index in [9.17, 15) is 0 Å². The molecule has 2 aromatic heterocycles. The van der Waals surface area contributed by atoms with Gasteiger partial charge in [-0.15, -0.1) is 11.3 Å². The highest BCUT2D eigenvalue weighted by molar-refractivity contribution is 7.25. The van der Waals surface area contributed by atoms with Gasteiger partial charge < -0.3 is 9.32 Å². The summed E-state index contributed by atoms with van der Waals surface area (Å²) < 4.78 is 9.04. The Labute approximate surface area is 374 Å². The third-order valence-corrected chi connectivity index (χ3v) is 15.0. The number of rotatable bonds is 4. The quantitative estimate of drug-likeness (QED) is 0.176. The van der Waals surface area contributed by atoms with Crippen molar-refractivity contribution in [2.45, 2.75) is 5.41 Å². The van der Waals surface area contributed by atoms with Crippen molar-refractivity contribution in [1.82, 2.24) is 0 Å². The Kier molecular flexibility index (Phi) is 7.51. The molecule has 64 heavy (non-hydrogen) atoms. The van der Waals surface area contributed by atoms with E-state index >= 15 is 0 Å². The first kappa shape index (κ1) is 35.6. The lowest BCUT2D eigenvalue weighted by molar-refractivity contribution is 0.669. The summed E-state index contributed by atoms with van der Waals surface area (Å²) in [6, 6.07) is 83.2. The first-order valence-corrected chi connectivity index (χ1v) is 22.8. The van der Waals surface area contributed by atoms with E-state index in [1.54, 1.807) is 0 Å². The van der Waals surface area contributed by atoms with Crippen molar-refractivity contribution in [3.05, 3.63) is 247 Å². The zero-order chi connectivity index (χ0) is 41.9. The third kappa shape index (κ3) is 4.90. The second-order valence-corrected chi connectivity index (χ2v) is 18.2. The smallest absolute Gasteiger partial charge is 0.135 e. The van der Waals surface area contributed by atoms with Crippen LogP contribution in [0.25, 0.3) is 86.6 Å². The van der Waals surface area contributed by atoms with Crippen LogP contribution in [0.2, 0.25) is 0 Å². The molecule has 1 atom stereocenters. The van der Waals surface area contributed by atoms with Crippen LogP contribution in [0.5, 0.6) is 0 Å². The highest BCUT2D eigenvalue weighted by Gasteiger charge is 2.50. The van der Waals surface area contributed by atoms with Crippen LogP contribution in [-0.2, 0) is 5.41 Å². The summed E-state index contributed by atoms with van der Waals surface area (Å²) in [7, 11) is 0. The molecule has 10 aromatic carbocycles. The molecule has 0 N–H and O–H groups in total. The van der Waals surface area contributed by atoms with E-state index in [-0.39, 0.29) is 0 Å². The highest BCUT2D eigenvalue weighted by atomic mass is 32.1. The minimum Gasteiger partial charge on any atom is -0.456 e. The number of hydrogen-bond acceptors (Lipinski definition) is 3. The van der Waals surface area contributed by atoms with Crippen LogP contribution in [0.3, 0.4) is 0 Å². The zero-order valence-corrected chi connectivity index (χ0v) is 35.4. The molecule has 1 spiro atoms. The number of hydrogen-bond donors (Lipinski definition) is 0. The Morgan fingerprint density at radius 1 is 0.328 bits per heavy atom. The Hall–Kier alpha value is -7.98. The Morgan fingerprint density at radius 3 is 1.69 bits per heavy atom. The monoisotopic (exact) mass is 831 g/mol. The largest absolute Gasteiger partial charge is 0.456 e. The molecule has 1 unspecified atom stereocenters. The summed E-state index contributed by atoms with van der Waals surface area (Å²) in [6.07, 6.45) is 0. The predicted molar refractivity (Wildman–Crippen MR) is 268 cm³/mol. The topological polar surface area (TPSA) is 16.4 Å². The standard InChI is InChI=1S/C61H37NOS/c1-2-16-38(17-3-1)41-18-8-13-27-56(41)62(39-31-33-58-50(34-39)47-23-9-14-28-57(47)63-58)40-30-32-46-43-20-5-4-19-42(43)44-21-6-11-25-52(44)61(54(46)35-40)53-26-12-7-22-45(53)49-37-60-51(36-55(49)61)48-24-10-15-29-59(48)64-60/h1-37H. The van der Waals surface area contributed by atoms with Crippen molar-refractivity contribution < 1.29 is 4.42 Å². The fraction of sp³-hybridized carbons (Fsp3) is 0.0164. The van der Waals surface area contributed by atoms with Gasteiger partial charge in [0.2, 0.25) is 0 Å². The van der Waals surface area contributed by atoms with Gasteiger partial charge in [-0.25, -0.2) is 0 Å². The lowest BCUT2D eigenvalue weighted by Crippen LogP contribution is -2.29. The van der Waals surface area contributed by atoms with Gasteiger partial charge in [0, 0.05) is 47.9 Å². The number of para-hydroxylation sites is 2. The molecule has 14 rings (SSSR count). The number of furan rings is 1. The molecule has 0 saturated carbocycles. The zero-order valence-electron chi connectivity index (χ0n) is 34.6. The Balaban J connectivity index is 1.13. The first-order chi connectivity index (χ1) is 31.7. The molecular formula is C61H37NOS. The van der Waals surface area contributed by atoms with Crippen molar-refractivity contribution in [2.75, 3.05) is 4.90 Å². The molecule has 0 bridgehead atoms. The molecule has 298 valence electrons. The van der Waals surface area contributed by atoms with Crippen molar-refractivity contribution >= 4 is 70.5 Å². The normalized spacial score (nSPS) is 14.6. The molecule has 0 saturated heterocycles. The minimum absolute atomic E-state index is 0.653. The Morgan fingerprint density at radius 2 is 0.891 bits per heavy atom. The molecule has 0 amide bonds. The SMILES string of the molecule is c1ccc(-c2ccccc2N(c2ccc3c(c2)C2(c4ccccc4-c4ccccc4-3)c3ccccc3-c3cc4sc5ccccc5c4cc32)c2ccc3oc4ccccc4c3c2)cc1. The Bertz CT molecular complexity index is 3870. The van der Waals surface area contributed by atoms with Gasteiger partial charge in [-0.2, -0.15) is 0 Å². The van der Waals surface area contributed by atoms with Crippen LogP contribution in [0.15, 0.2) is 229 Å². The summed E-state index contributed by atoms with van der Waals surface area (Å²) in [5.41, 5.74) is 19.5. The van der Waals surface area contributed by atoms with Crippen LogP contribution < -0.4 is 4.90 Å². The van der Waals surface area contributed by atoms with E-state index in [2.05, 4.69) is 223 Å². The summed E-state index contributed by atoms with van der Waals surface area (Å²) in [6.45, 7) is 0. The summed E-state index contributed by atoms with van der Waals surface area (Å²) in [5, 5.41) is 4.81. The van der Waals surface area contributed by atoms with Crippen molar-refractivity contribution in [3.8, 4) is 44.5 Å². The lowest BCUT2D eigenvalue weighted by Gasteiger charge is -2.37. The van der Waals surface area contributed by atoms with Gasteiger partial charge >= 0.3 is 0 Å². The number of thiophene rings is 1. The first-order valence-electron chi connectivity index (χ1n) is 22.0. The van der Waals surface area contributed by atoms with Gasteiger partial charge in [-0.05, 0) is 122 Å². The number of fused-ring (bicyclic) bond motifs is 18. The van der Waals surface area contributed by atoms with Crippen LogP contribution in [0, 0.1) is 0 Å². The molecule has 3 heteroatoms.